The molecule has 316 valence electrons. The summed E-state index contributed by atoms with van der Waals surface area (Å²) in [6.45, 7) is 1.31. The molecule has 2 atom stereocenters. The second kappa shape index (κ2) is 14.6. The van der Waals surface area contributed by atoms with E-state index >= 15 is 0 Å². The molecule has 0 amide bonds. The maximum absolute atomic E-state index is 14.5. The van der Waals surface area contributed by atoms with E-state index in [0.717, 1.165) is 12.1 Å². The minimum atomic E-state index is -5.07. The normalized spacial score (nSPS) is 18.4. The second-order valence-electron chi connectivity index (χ2n) is 15.2. The summed E-state index contributed by atoms with van der Waals surface area (Å²) in [5.74, 6) is -1.89. The lowest BCUT2D eigenvalue weighted by molar-refractivity contribution is -0.247. The Labute approximate surface area is 335 Å². The Kier molecular flexibility index (Phi) is 10.4. The number of alkyl halides is 6. The van der Waals surface area contributed by atoms with E-state index < -0.39 is 83.8 Å². The molecule has 6 aromatic rings. The van der Waals surface area contributed by atoms with E-state index in [0.29, 0.717) is 12.1 Å². The number of rotatable bonds is 8. The molecule has 2 aromatic heterocycles. The van der Waals surface area contributed by atoms with Crippen molar-refractivity contribution >= 4 is 0 Å². The molecule has 6 N–H and O–H groups in total. The van der Waals surface area contributed by atoms with Gasteiger partial charge in [-0.3, -0.25) is 9.36 Å². The Morgan fingerprint density at radius 3 is 1.17 bits per heavy atom. The van der Waals surface area contributed by atoms with E-state index in [1.54, 1.807) is 0 Å². The van der Waals surface area contributed by atoms with Crippen molar-refractivity contribution < 1.29 is 65.8 Å². The molecule has 18 heteroatoms. The number of hydrogen-bond donors (Lipinski definition) is 6. The fourth-order valence-electron chi connectivity index (χ4n) is 7.66. The SMILES string of the molecule is CC(CO)(CO)n1cc(-c2cc(F)cc3c2-c2ccccc2[C@]3(O)C(F)(F)F)cn1.CC(CO)(CO)n1cc(-c2cc(F)cc3c2-c2ccccc2[C@]3(O)C(F)(F)F)cn1. The Morgan fingerprint density at radius 1 is 0.517 bits per heavy atom. The van der Waals surface area contributed by atoms with Crippen LogP contribution in [0.3, 0.4) is 0 Å². The quantitative estimate of drug-likeness (QED) is 0.0971. The van der Waals surface area contributed by atoms with Crippen LogP contribution in [0.2, 0.25) is 0 Å². The lowest BCUT2D eigenvalue weighted by Crippen LogP contribution is -2.41. The molecule has 0 saturated heterocycles. The molecule has 0 bridgehead atoms. The average molecular weight is 845 g/mol. The highest BCUT2D eigenvalue weighted by Gasteiger charge is 2.62. The first kappa shape index (κ1) is 42.6. The van der Waals surface area contributed by atoms with Crippen molar-refractivity contribution in [2.24, 2.45) is 0 Å². The largest absolute Gasteiger partial charge is 0.425 e. The van der Waals surface area contributed by atoms with Gasteiger partial charge < -0.3 is 30.6 Å². The molecular weight excluding hydrogens is 808 g/mol. The number of aliphatic hydroxyl groups excluding tert-OH is 4. The van der Waals surface area contributed by atoms with Gasteiger partial charge >= 0.3 is 12.4 Å². The van der Waals surface area contributed by atoms with Crippen molar-refractivity contribution in [3.8, 4) is 44.5 Å². The highest BCUT2D eigenvalue weighted by molar-refractivity contribution is 5.93. The first-order chi connectivity index (χ1) is 28.1. The Balaban J connectivity index is 0.000000181. The summed E-state index contributed by atoms with van der Waals surface area (Å²) in [6.07, 6.45) is -4.70. The zero-order chi connectivity index (χ0) is 43.8. The number of hydrogen-bond acceptors (Lipinski definition) is 8. The average Bonchev–Trinajstić information content (AvgIpc) is 4.02. The van der Waals surface area contributed by atoms with Crippen LogP contribution in [0.1, 0.15) is 36.1 Å². The van der Waals surface area contributed by atoms with Crippen molar-refractivity contribution in [3.05, 3.63) is 131 Å². The molecule has 60 heavy (non-hydrogen) atoms. The predicted molar refractivity (Wildman–Crippen MR) is 200 cm³/mol. The van der Waals surface area contributed by atoms with Crippen molar-refractivity contribution in [3.63, 3.8) is 0 Å². The van der Waals surface area contributed by atoms with E-state index in [2.05, 4.69) is 10.2 Å². The van der Waals surface area contributed by atoms with E-state index in [9.17, 15) is 65.8 Å². The first-order valence-corrected chi connectivity index (χ1v) is 18.1. The molecule has 0 radical (unpaired) electrons. The topological polar surface area (TPSA) is 157 Å². The van der Waals surface area contributed by atoms with Crippen LogP contribution in [0.25, 0.3) is 44.5 Å². The molecule has 0 saturated carbocycles. The molecule has 4 aromatic carbocycles. The highest BCUT2D eigenvalue weighted by Crippen LogP contribution is 2.59. The third-order valence-electron chi connectivity index (χ3n) is 11.2. The first-order valence-electron chi connectivity index (χ1n) is 18.1. The molecule has 2 aliphatic carbocycles. The van der Waals surface area contributed by atoms with Crippen LogP contribution in [0.4, 0.5) is 35.1 Å². The number of aliphatic hydroxyl groups is 6. The molecule has 0 fully saturated rings. The molecule has 10 nitrogen and oxygen atoms in total. The maximum Gasteiger partial charge on any atom is 0.425 e. The van der Waals surface area contributed by atoms with Gasteiger partial charge in [0.05, 0.1) is 38.8 Å². The fourth-order valence-corrected chi connectivity index (χ4v) is 7.66. The number of aromatic nitrogens is 4. The van der Waals surface area contributed by atoms with E-state index in [1.165, 1.54) is 96.5 Å². The monoisotopic (exact) mass is 844 g/mol. The lowest BCUT2D eigenvalue weighted by Gasteiger charge is -2.28. The summed E-state index contributed by atoms with van der Waals surface area (Å²) >= 11 is 0. The van der Waals surface area contributed by atoms with Crippen molar-refractivity contribution in [2.75, 3.05) is 26.4 Å². The van der Waals surface area contributed by atoms with Gasteiger partial charge in [0.1, 0.15) is 22.7 Å². The Bertz CT molecular complexity index is 2420. The summed E-state index contributed by atoms with van der Waals surface area (Å²) in [5, 5.41) is 68.0. The van der Waals surface area contributed by atoms with Crippen molar-refractivity contribution in [1.29, 1.82) is 0 Å². The molecule has 0 spiro atoms. The van der Waals surface area contributed by atoms with Gasteiger partial charge in [-0.1, -0.05) is 48.5 Å². The summed E-state index contributed by atoms with van der Waals surface area (Å²) < 4.78 is 115. The van der Waals surface area contributed by atoms with Crippen LogP contribution in [0.5, 0.6) is 0 Å². The van der Waals surface area contributed by atoms with Crippen LogP contribution in [-0.2, 0) is 22.3 Å². The zero-order valence-electron chi connectivity index (χ0n) is 31.6. The van der Waals surface area contributed by atoms with Gasteiger partial charge in [-0.2, -0.15) is 36.5 Å². The molecule has 2 aliphatic rings. The predicted octanol–water partition coefficient (Wildman–Crippen LogP) is 6.34. The zero-order valence-corrected chi connectivity index (χ0v) is 31.6. The highest BCUT2D eigenvalue weighted by atomic mass is 19.4. The Hall–Kier alpha value is -5.50. The number of fused-ring (bicyclic) bond motifs is 6. The summed E-state index contributed by atoms with van der Waals surface area (Å²) in [7, 11) is 0. The fraction of sp³-hybridized carbons (Fsp3) is 0.286. The molecule has 0 aliphatic heterocycles. The summed E-state index contributed by atoms with van der Waals surface area (Å²) in [4.78, 5) is 0. The van der Waals surface area contributed by atoms with Gasteiger partial charge in [0.2, 0.25) is 11.2 Å². The third-order valence-corrected chi connectivity index (χ3v) is 11.2. The van der Waals surface area contributed by atoms with Crippen LogP contribution in [0, 0.1) is 11.6 Å². The molecule has 8 rings (SSSR count). The molecule has 0 unspecified atom stereocenters. The van der Waals surface area contributed by atoms with Crippen LogP contribution >= 0.6 is 0 Å². The number of halogens is 8. The molecule has 2 heterocycles. The standard InChI is InChI=1S/2C21H18F4N2O3/c2*1-19(10-28,11-29)27-9-12(8-26-27)15-6-13(22)7-17-18(15)14-4-2-3-5-16(14)20(17,30)21(23,24)25/h2*2-9,28-30H,10-11H2,1H3/t2*20-/m11/s1. The van der Waals surface area contributed by atoms with Crippen molar-refractivity contribution in [2.45, 2.75) is 48.5 Å². The Morgan fingerprint density at radius 2 is 0.850 bits per heavy atom. The number of benzene rings is 4. The minimum absolute atomic E-state index is 0.0566. The number of nitrogens with zero attached hydrogens (tertiary/aromatic N) is 4. The van der Waals surface area contributed by atoms with Crippen LogP contribution in [-0.4, -0.2) is 89.0 Å². The van der Waals surface area contributed by atoms with E-state index in [1.807, 2.05) is 0 Å². The van der Waals surface area contributed by atoms with Gasteiger partial charge in [0.25, 0.3) is 0 Å². The van der Waals surface area contributed by atoms with Gasteiger partial charge in [-0.15, -0.1) is 0 Å². The smallest absolute Gasteiger partial charge is 0.394 e. The van der Waals surface area contributed by atoms with Gasteiger partial charge in [-0.05, 0) is 71.5 Å². The third kappa shape index (κ3) is 6.31. The maximum atomic E-state index is 14.5. The van der Waals surface area contributed by atoms with Gasteiger partial charge in [0, 0.05) is 45.8 Å². The van der Waals surface area contributed by atoms with E-state index in [4.69, 9.17) is 0 Å². The summed E-state index contributed by atoms with van der Waals surface area (Å²) in [6, 6.07) is 14.6. The second-order valence-corrected chi connectivity index (χ2v) is 15.2. The minimum Gasteiger partial charge on any atom is -0.394 e. The van der Waals surface area contributed by atoms with Crippen molar-refractivity contribution in [1.82, 2.24) is 19.6 Å². The lowest BCUT2D eigenvalue weighted by atomic mass is 9.89. The summed E-state index contributed by atoms with van der Waals surface area (Å²) in [5.41, 5.74) is -9.76. The van der Waals surface area contributed by atoms with Gasteiger partial charge in [-0.25, -0.2) is 8.78 Å². The van der Waals surface area contributed by atoms with Crippen LogP contribution < -0.4 is 0 Å². The van der Waals surface area contributed by atoms with Gasteiger partial charge in [0.15, 0.2) is 0 Å². The van der Waals surface area contributed by atoms with Crippen LogP contribution in [0.15, 0.2) is 97.6 Å². The van der Waals surface area contributed by atoms with E-state index in [-0.39, 0.29) is 55.6 Å². The molecular formula is C42H36F8N4O6.